The monoisotopic (exact) mass is 248 g/mol. The van der Waals surface area contributed by atoms with Crippen molar-refractivity contribution >= 4 is 11.6 Å². The van der Waals surface area contributed by atoms with Crippen molar-refractivity contribution in [2.45, 2.75) is 18.9 Å². The maximum absolute atomic E-state index is 12.3. The van der Waals surface area contributed by atoms with Gasteiger partial charge in [-0.15, -0.1) is 0 Å². The van der Waals surface area contributed by atoms with Crippen molar-refractivity contribution in [1.82, 2.24) is 14.8 Å². The highest BCUT2D eigenvalue weighted by molar-refractivity contribution is 5.92. The zero-order valence-corrected chi connectivity index (χ0v) is 11.0. The number of carbonyl (C=O) groups is 1. The lowest BCUT2D eigenvalue weighted by Crippen LogP contribution is -2.47. The molecule has 1 amide bonds. The second kappa shape index (κ2) is 5.35. The minimum atomic E-state index is 0.00144. The summed E-state index contributed by atoms with van der Waals surface area (Å²) in [6.07, 6.45) is 3.72. The van der Waals surface area contributed by atoms with Crippen molar-refractivity contribution in [1.29, 1.82) is 0 Å². The van der Waals surface area contributed by atoms with Gasteiger partial charge >= 0.3 is 0 Å². The van der Waals surface area contributed by atoms with Crippen LogP contribution in [0.3, 0.4) is 0 Å². The lowest BCUT2D eigenvalue weighted by atomic mass is 10.0. The number of nitrogens with two attached hydrogens (primary N) is 1. The van der Waals surface area contributed by atoms with Gasteiger partial charge in [0, 0.05) is 19.1 Å². The van der Waals surface area contributed by atoms with E-state index in [-0.39, 0.29) is 5.91 Å². The molecule has 2 rings (SSSR count). The van der Waals surface area contributed by atoms with Gasteiger partial charge in [-0.3, -0.25) is 4.79 Å². The number of aromatic nitrogens is 1. The summed E-state index contributed by atoms with van der Waals surface area (Å²) >= 11 is 0. The van der Waals surface area contributed by atoms with Crippen LogP contribution in [0.15, 0.2) is 18.3 Å². The molecule has 1 aromatic heterocycles. The van der Waals surface area contributed by atoms with Crippen LogP contribution in [0.5, 0.6) is 0 Å². The second-order valence-electron chi connectivity index (χ2n) is 4.99. The molecule has 98 valence electrons. The summed E-state index contributed by atoms with van der Waals surface area (Å²) in [6.45, 7) is 1.59. The summed E-state index contributed by atoms with van der Waals surface area (Å²) in [4.78, 5) is 20.4. The summed E-state index contributed by atoms with van der Waals surface area (Å²) in [5, 5.41) is 0. The maximum Gasteiger partial charge on any atom is 0.272 e. The molecule has 1 aliphatic rings. The lowest BCUT2D eigenvalue weighted by Gasteiger charge is -2.35. The molecule has 0 aliphatic carbocycles. The van der Waals surface area contributed by atoms with E-state index in [1.54, 1.807) is 12.1 Å². The van der Waals surface area contributed by atoms with Gasteiger partial charge in [-0.25, -0.2) is 4.98 Å². The molecule has 0 radical (unpaired) electrons. The van der Waals surface area contributed by atoms with Gasteiger partial charge in [0.15, 0.2) is 0 Å². The number of nitrogen functional groups attached to an aromatic ring is 1. The Balaban J connectivity index is 2.06. The first-order valence-corrected chi connectivity index (χ1v) is 6.25. The molecule has 5 nitrogen and oxygen atoms in total. The van der Waals surface area contributed by atoms with Gasteiger partial charge in [-0.1, -0.05) is 0 Å². The third-order valence-corrected chi connectivity index (χ3v) is 3.42. The number of amides is 1. The van der Waals surface area contributed by atoms with E-state index in [9.17, 15) is 4.79 Å². The molecule has 0 spiro atoms. The van der Waals surface area contributed by atoms with Crippen LogP contribution in [-0.4, -0.2) is 53.9 Å². The van der Waals surface area contributed by atoms with Crippen molar-refractivity contribution < 1.29 is 4.79 Å². The summed E-state index contributed by atoms with van der Waals surface area (Å²) in [5.41, 5.74) is 6.63. The molecule has 0 saturated carbocycles. The van der Waals surface area contributed by atoms with Gasteiger partial charge in [0.05, 0.1) is 11.9 Å². The molecule has 2 heterocycles. The number of likely N-dealkylation sites (tertiary alicyclic amines) is 1. The molecule has 1 atom stereocenters. The minimum Gasteiger partial charge on any atom is -0.397 e. The van der Waals surface area contributed by atoms with Gasteiger partial charge in [0.1, 0.15) is 5.69 Å². The minimum absolute atomic E-state index is 0.00144. The Labute approximate surface area is 108 Å². The van der Waals surface area contributed by atoms with Crippen molar-refractivity contribution in [3.05, 3.63) is 24.0 Å². The Kier molecular flexibility index (Phi) is 3.81. The molecule has 0 bridgehead atoms. The Hall–Kier alpha value is -1.62. The van der Waals surface area contributed by atoms with E-state index in [1.807, 2.05) is 4.90 Å². The van der Waals surface area contributed by atoms with Crippen molar-refractivity contribution in [2.24, 2.45) is 0 Å². The van der Waals surface area contributed by atoms with Gasteiger partial charge in [0.25, 0.3) is 5.91 Å². The number of hydrogen-bond acceptors (Lipinski definition) is 4. The van der Waals surface area contributed by atoms with Gasteiger partial charge in [-0.2, -0.15) is 0 Å². The number of hydrogen-bond donors (Lipinski definition) is 1. The predicted molar refractivity (Wildman–Crippen MR) is 71.3 cm³/mol. The molecule has 5 heteroatoms. The van der Waals surface area contributed by atoms with Crippen molar-refractivity contribution in [3.8, 4) is 0 Å². The summed E-state index contributed by atoms with van der Waals surface area (Å²) < 4.78 is 0. The van der Waals surface area contributed by atoms with Crippen LogP contribution in [0.25, 0.3) is 0 Å². The van der Waals surface area contributed by atoms with E-state index in [0.29, 0.717) is 17.4 Å². The van der Waals surface area contributed by atoms with E-state index >= 15 is 0 Å². The fourth-order valence-electron chi connectivity index (χ4n) is 2.25. The third kappa shape index (κ3) is 2.79. The number of piperidine rings is 1. The molecule has 1 unspecified atom stereocenters. The molecule has 1 aliphatic heterocycles. The first-order chi connectivity index (χ1) is 8.58. The van der Waals surface area contributed by atoms with Crippen LogP contribution in [0.1, 0.15) is 23.3 Å². The molecule has 1 aromatic rings. The predicted octanol–water partition coefficient (Wildman–Crippen LogP) is 0.830. The fraction of sp³-hybridized carbons (Fsp3) is 0.538. The quantitative estimate of drug-likeness (QED) is 0.842. The Morgan fingerprint density at radius 1 is 1.50 bits per heavy atom. The van der Waals surface area contributed by atoms with Gasteiger partial charge in [0.2, 0.25) is 0 Å². The van der Waals surface area contributed by atoms with Crippen molar-refractivity contribution in [2.75, 3.05) is 32.9 Å². The van der Waals surface area contributed by atoms with Gasteiger partial charge in [-0.05, 0) is 39.1 Å². The highest BCUT2D eigenvalue weighted by atomic mass is 16.2. The number of nitrogens with zero attached hydrogens (tertiary/aromatic N) is 3. The zero-order chi connectivity index (χ0) is 13.1. The van der Waals surface area contributed by atoms with E-state index in [0.717, 1.165) is 25.9 Å². The lowest BCUT2D eigenvalue weighted by molar-refractivity contribution is 0.0629. The number of pyridine rings is 1. The van der Waals surface area contributed by atoms with Crippen LogP contribution in [0.4, 0.5) is 5.69 Å². The average Bonchev–Trinajstić information content (AvgIpc) is 2.39. The van der Waals surface area contributed by atoms with E-state index in [1.165, 1.54) is 6.20 Å². The molecule has 1 saturated heterocycles. The van der Waals surface area contributed by atoms with Gasteiger partial charge < -0.3 is 15.5 Å². The highest BCUT2D eigenvalue weighted by Crippen LogP contribution is 2.16. The molecule has 0 aromatic carbocycles. The number of rotatable bonds is 2. The summed E-state index contributed by atoms with van der Waals surface area (Å²) in [7, 11) is 4.11. The number of carbonyl (C=O) groups excluding carboxylic acids is 1. The largest absolute Gasteiger partial charge is 0.397 e. The highest BCUT2D eigenvalue weighted by Gasteiger charge is 2.25. The summed E-state index contributed by atoms with van der Waals surface area (Å²) in [5.74, 6) is 0.00144. The molecule has 1 fully saturated rings. The van der Waals surface area contributed by atoms with E-state index in [2.05, 4.69) is 24.0 Å². The van der Waals surface area contributed by atoms with E-state index < -0.39 is 0 Å². The second-order valence-corrected chi connectivity index (χ2v) is 4.99. The topological polar surface area (TPSA) is 62.5 Å². The summed E-state index contributed by atoms with van der Waals surface area (Å²) in [6, 6.07) is 3.85. The third-order valence-electron chi connectivity index (χ3n) is 3.42. The van der Waals surface area contributed by atoms with Crippen LogP contribution in [-0.2, 0) is 0 Å². The Morgan fingerprint density at radius 2 is 2.28 bits per heavy atom. The number of likely N-dealkylation sites (N-methyl/N-ethyl adjacent to an activating group) is 1. The van der Waals surface area contributed by atoms with Crippen molar-refractivity contribution in [3.63, 3.8) is 0 Å². The SMILES string of the molecule is CN(C)C1CCCN(C(=O)c2ccc(N)cn2)C1. The first kappa shape index (κ1) is 12.8. The number of anilines is 1. The van der Waals surface area contributed by atoms with Crippen LogP contribution >= 0.6 is 0 Å². The first-order valence-electron chi connectivity index (χ1n) is 6.25. The Bertz CT molecular complexity index is 416. The zero-order valence-electron chi connectivity index (χ0n) is 11.0. The standard InChI is InChI=1S/C13H20N4O/c1-16(2)11-4-3-7-17(9-11)13(18)12-6-5-10(14)8-15-12/h5-6,8,11H,3-4,7,9,14H2,1-2H3. The van der Waals surface area contributed by atoms with Crippen LogP contribution < -0.4 is 5.73 Å². The van der Waals surface area contributed by atoms with Crippen LogP contribution in [0, 0.1) is 0 Å². The Morgan fingerprint density at radius 3 is 2.89 bits per heavy atom. The fourth-order valence-corrected chi connectivity index (χ4v) is 2.25. The molecule has 2 N–H and O–H groups in total. The molecular formula is C13H20N4O. The molecular weight excluding hydrogens is 228 g/mol. The van der Waals surface area contributed by atoms with Crippen LogP contribution in [0.2, 0.25) is 0 Å². The normalized spacial score (nSPS) is 20.2. The smallest absolute Gasteiger partial charge is 0.272 e. The van der Waals surface area contributed by atoms with E-state index in [4.69, 9.17) is 5.73 Å². The maximum atomic E-state index is 12.3. The molecule has 18 heavy (non-hydrogen) atoms. The average molecular weight is 248 g/mol.